The van der Waals surface area contributed by atoms with E-state index in [0.29, 0.717) is 6.54 Å². The van der Waals surface area contributed by atoms with Crippen molar-refractivity contribution < 1.29 is 4.79 Å². The summed E-state index contributed by atoms with van der Waals surface area (Å²) in [4.78, 5) is 15.2. The van der Waals surface area contributed by atoms with Crippen LogP contribution in [0, 0.1) is 0 Å². The number of carbonyl (C=O) groups is 1. The number of nitrogens with zero attached hydrogens (tertiary/aromatic N) is 4. The third-order valence-corrected chi connectivity index (χ3v) is 3.03. The highest BCUT2D eigenvalue weighted by atomic mass is 16.2. The number of piperazine rings is 1. The molecule has 0 spiro atoms. The second kappa shape index (κ2) is 5.09. The summed E-state index contributed by atoms with van der Waals surface area (Å²) in [5.41, 5.74) is 6.67. The third kappa shape index (κ3) is 2.52. The van der Waals surface area contributed by atoms with Crippen LogP contribution in [0.15, 0.2) is 12.3 Å². The van der Waals surface area contributed by atoms with Crippen molar-refractivity contribution in [3.05, 3.63) is 17.8 Å². The first-order chi connectivity index (χ1) is 8.22. The highest BCUT2D eigenvalue weighted by Crippen LogP contribution is 2.17. The van der Waals surface area contributed by atoms with Gasteiger partial charge in [-0.3, -0.25) is 4.79 Å². The molecule has 0 saturated carbocycles. The van der Waals surface area contributed by atoms with Crippen LogP contribution in [-0.2, 0) is 11.3 Å². The average Bonchev–Trinajstić information content (AvgIpc) is 2.39. The maximum Gasteiger partial charge on any atom is 0.219 e. The van der Waals surface area contributed by atoms with Crippen molar-refractivity contribution in [3.8, 4) is 0 Å². The fraction of sp³-hybridized carbons (Fsp3) is 0.545. The zero-order valence-corrected chi connectivity index (χ0v) is 9.96. The first-order valence-electron chi connectivity index (χ1n) is 5.73. The van der Waals surface area contributed by atoms with Crippen molar-refractivity contribution in [2.75, 3.05) is 31.1 Å². The summed E-state index contributed by atoms with van der Waals surface area (Å²) in [5.74, 6) is 0.973. The highest BCUT2D eigenvalue weighted by Gasteiger charge is 2.21. The predicted octanol–water partition coefficient (Wildman–Crippen LogP) is -0.396. The summed E-state index contributed by atoms with van der Waals surface area (Å²) < 4.78 is 0. The standard InChI is InChI=1S/C11H17N5O/c1-9(17)15-4-6-16(7-5-15)11-10(8-12)2-3-13-14-11/h2-3H,4-8,12H2,1H3. The molecule has 1 aromatic heterocycles. The third-order valence-electron chi connectivity index (χ3n) is 3.03. The summed E-state index contributed by atoms with van der Waals surface area (Å²) in [6, 6.07) is 1.89. The first kappa shape index (κ1) is 11.8. The molecule has 2 heterocycles. The largest absolute Gasteiger partial charge is 0.351 e. The zero-order chi connectivity index (χ0) is 12.3. The van der Waals surface area contributed by atoms with E-state index in [2.05, 4.69) is 15.1 Å². The van der Waals surface area contributed by atoms with Crippen molar-refractivity contribution in [2.24, 2.45) is 5.73 Å². The monoisotopic (exact) mass is 235 g/mol. The zero-order valence-electron chi connectivity index (χ0n) is 9.96. The Balaban J connectivity index is 2.07. The molecule has 2 N–H and O–H groups in total. The molecule has 1 amide bonds. The molecular weight excluding hydrogens is 218 g/mol. The van der Waals surface area contributed by atoms with Crippen molar-refractivity contribution in [1.29, 1.82) is 0 Å². The number of hydrogen-bond donors (Lipinski definition) is 1. The van der Waals surface area contributed by atoms with E-state index in [1.807, 2.05) is 11.0 Å². The lowest BCUT2D eigenvalue weighted by atomic mass is 10.2. The van der Waals surface area contributed by atoms with Crippen LogP contribution in [0.2, 0.25) is 0 Å². The van der Waals surface area contributed by atoms with Crippen LogP contribution < -0.4 is 10.6 Å². The van der Waals surface area contributed by atoms with Gasteiger partial charge in [0.05, 0.1) is 6.20 Å². The molecule has 2 rings (SSSR count). The Hall–Kier alpha value is -1.69. The number of rotatable bonds is 2. The van der Waals surface area contributed by atoms with E-state index < -0.39 is 0 Å². The van der Waals surface area contributed by atoms with E-state index >= 15 is 0 Å². The topological polar surface area (TPSA) is 75.4 Å². The van der Waals surface area contributed by atoms with Crippen LogP contribution >= 0.6 is 0 Å². The van der Waals surface area contributed by atoms with Gasteiger partial charge < -0.3 is 15.5 Å². The van der Waals surface area contributed by atoms with Crippen LogP contribution in [-0.4, -0.2) is 47.2 Å². The molecule has 6 nitrogen and oxygen atoms in total. The minimum absolute atomic E-state index is 0.128. The normalized spacial score (nSPS) is 16.1. The van der Waals surface area contributed by atoms with Crippen molar-refractivity contribution in [1.82, 2.24) is 15.1 Å². The molecule has 1 aliphatic heterocycles. The number of amides is 1. The summed E-state index contributed by atoms with van der Waals surface area (Å²) in [6.45, 7) is 5.09. The molecule has 1 aliphatic rings. The number of nitrogens with two attached hydrogens (primary N) is 1. The predicted molar refractivity (Wildman–Crippen MR) is 64.4 cm³/mol. The lowest BCUT2D eigenvalue weighted by Crippen LogP contribution is -2.48. The van der Waals surface area contributed by atoms with Gasteiger partial charge in [-0.25, -0.2) is 0 Å². The molecule has 1 saturated heterocycles. The second-order valence-corrected chi connectivity index (χ2v) is 4.08. The molecule has 0 unspecified atom stereocenters. The van der Waals surface area contributed by atoms with Gasteiger partial charge in [-0.1, -0.05) is 0 Å². The molecule has 92 valence electrons. The van der Waals surface area contributed by atoms with Crippen molar-refractivity contribution >= 4 is 11.7 Å². The lowest BCUT2D eigenvalue weighted by molar-refractivity contribution is -0.129. The lowest BCUT2D eigenvalue weighted by Gasteiger charge is -2.35. The molecule has 0 aromatic carbocycles. The van der Waals surface area contributed by atoms with E-state index in [0.717, 1.165) is 37.6 Å². The van der Waals surface area contributed by atoms with E-state index in [1.54, 1.807) is 13.1 Å². The Morgan fingerprint density at radius 1 is 1.41 bits per heavy atom. The summed E-state index contributed by atoms with van der Waals surface area (Å²) >= 11 is 0. The average molecular weight is 235 g/mol. The number of carbonyl (C=O) groups excluding carboxylic acids is 1. The van der Waals surface area contributed by atoms with Crippen LogP contribution in [0.5, 0.6) is 0 Å². The smallest absolute Gasteiger partial charge is 0.219 e. The Labute approximate surface area is 100 Å². The van der Waals surface area contributed by atoms with E-state index in [-0.39, 0.29) is 5.91 Å². The van der Waals surface area contributed by atoms with Crippen LogP contribution in [0.3, 0.4) is 0 Å². The fourth-order valence-corrected chi connectivity index (χ4v) is 2.01. The van der Waals surface area contributed by atoms with Gasteiger partial charge in [0, 0.05) is 45.2 Å². The molecule has 1 fully saturated rings. The molecule has 0 radical (unpaired) electrons. The van der Waals surface area contributed by atoms with Crippen LogP contribution in [0.1, 0.15) is 12.5 Å². The number of anilines is 1. The van der Waals surface area contributed by atoms with E-state index in [9.17, 15) is 4.79 Å². The van der Waals surface area contributed by atoms with Crippen LogP contribution in [0.4, 0.5) is 5.82 Å². The molecule has 0 atom stereocenters. The van der Waals surface area contributed by atoms with E-state index in [4.69, 9.17) is 5.73 Å². The Morgan fingerprint density at radius 2 is 2.12 bits per heavy atom. The van der Waals surface area contributed by atoms with Gasteiger partial charge in [-0.15, -0.1) is 5.10 Å². The fourth-order valence-electron chi connectivity index (χ4n) is 2.01. The van der Waals surface area contributed by atoms with Crippen LogP contribution in [0.25, 0.3) is 0 Å². The Kier molecular flexibility index (Phi) is 3.53. The maximum atomic E-state index is 11.2. The Morgan fingerprint density at radius 3 is 2.71 bits per heavy atom. The maximum absolute atomic E-state index is 11.2. The summed E-state index contributed by atoms with van der Waals surface area (Å²) in [6.07, 6.45) is 1.65. The molecule has 1 aromatic rings. The van der Waals surface area contributed by atoms with Gasteiger partial charge in [0.15, 0.2) is 5.82 Å². The molecule has 6 heteroatoms. The summed E-state index contributed by atoms with van der Waals surface area (Å²) in [7, 11) is 0. The molecule has 0 aliphatic carbocycles. The van der Waals surface area contributed by atoms with Gasteiger partial charge in [0.25, 0.3) is 0 Å². The van der Waals surface area contributed by atoms with Gasteiger partial charge in [0.2, 0.25) is 5.91 Å². The van der Waals surface area contributed by atoms with Gasteiger partial charge >= 0.3 is 0 Å². The first-order valence-corrected chi connectivity index (χ1v) is 5.73. The summed E-state index contributed by atoms with van der Waals surface area (Å²) in [5, 5.41) is 8.03. The highest BCUT2D eigenvalue weighted by molar-refractivity contribution is 5.73. The molecule has 0 bridgehead atoms. The quantitative estimate of drug-likeness (QED) is 0.755. The minimum atomic E-state index is 0.128. The van der Waals surface area contributed by atoms with Crippen molar-refractivity contribution in [2.45, 2.75) is 13.5 Å². The SMILES string of the molecule is CC(=O)N1CCN(c2nnccc2CN)CC1. The number of hydrogen-bond acceptors (Lipinski definition) is 5. The second-order valence-electron chi connectivity index (χ2n) is 4.08. The van der Waals surface area contributed by atoms with Gasteiger partial charge in [-0.05, 0) is 6.07 Å². The minimum Gasteiger partial charge on any atom is -0.351 e. The molecule has 17 heavy (non-hydrogen) atoms. The molecular formula is C11H17N5O. The van der Waals surface area contributed by atoms with Gasteiger partial charge in [-0.2, -0.15) is 5.10 Å². The van der Waals surface area contributed by atoms with Gasteiger partial charge in [0.1, 0.15) is 0 Å². The number of aromatic nitrogens is 2. The van der Waals surface area contributed by atoms with Crippen molar-refractivity contribution in [3.63, 3.8) is 0 Å². The van der Waals surface area contributed by atoms with E-state index in [1.165, 1.54) is 0 Å². The Bertz CT molecular complexity index is 401.